The number of nitrogens with one attached hydrogen (secondary N) is 1. The van der Waals surface area contributed by atoms with Crippen LogP contribution in [-0.2, 0) is 4.79 Å². The summed E-state index contributed by atoms with van der Waals surface area (Å²) in [5.74, 6) is 0.463. The van der Waals surface area contributed by atoms with Gasteiger partial charge in [0.2, 0.25) is 5.91 Å². The molecule has 0 aliphatic carbocycles. The molecule has 1 rings (SSSR count). The van der Waals surface area contributed by atoms with Gasteiger partial charge in [-0.15, -0.1) is 0 Å². The Morgan fingerprint density at radius 1 is 1.67 bits per heavy atom. The molecule has 5 nitrogen and oxygen atoms in total. The highest BCUT2D eigenvalue weighted by Gasteiger charge is 2.07. The van der Waals surface area contributed by atoms with E-state index in [0.29, 0.717) is 5.82 Å². The number of hydrogen-bond acceptors (Lipinski definition) is 4. The fraction of sp³-hybridized carbons (Fsp3) is 0.400. The molecule has 0 radical (unpaired) electrons. The molecule has 0 aliphatic heterocycles. The van der Waals surface area contributed by atoms with Crippen molar-refractivity contribution in [2.45, 2.75) is 20.1 Å². The van der Waals surface area contributed by atoms with E-state index >= 15 is 0 Å². The predicted octanol–water partition coefficient (Wildman–Crippen LogP) is 0.814. The third-order valence-corrected chi connectivity index (χ3v) is 1.94. The van der Waals surface area contributed by atoms with E-state index in [2.05, 4.69) is 10.3 Å². The quantitative estimate of drug-likeness (QED) is 0.723. The summed E-state index contributed by atoms with van der Waals surface area (Å²) in [4.78, 5) is 16.6. The van der Waals surface area contributed by atoms with Crippen molar-refractivity contribution < 1.29 is 9.90 Å². The van der Waals surface area contributed by atoms with E-state index in [0.717, 1.165) is 5.69 Å². The number of pyridine rings is 1. The maximum absolute atomic E-state index is 11.1. The van der Waals surface area contributed by atoms with Gasteiger partial charge in [-0.05, 0) is 13.0 Å². The van der Waals surface area contributed by atoms with Gasteiger partial charge in [0, 0.05) is 31.9 Å². The van der Waals surface area contributed by atoms with Crippen LogP contribution in [0.25, 0.3) is 0 Å². The van der Waals surface area contributed by atoms with Crippen LogP contribution >= 0.6 is 0 Å². The molecule has 1 amide bonds. The Morgan fingerprint density at radius 3 is 2.87 bits per heavy atom. The second-order valence-electron chi connectivity index (χ2n) is 3.30. The van der Waals surface area contributed by atoms with E-state index < -0.39 is 6.23 Å². The number of rotatable bonds is 3. The molecule has 0 bridgehead atoms. The summed E-state index contributed by atoms with van der Waals surface area (Å²) in [5.41, 5.74) is 0.725. The molecular weight excluding hydrogens is 194 g/mol. The van der Waals surface area contributed by atoms with E-state index in [1.54, 1.807) is 32.3 Å². The van der Waals surface area contributed by atoms with Crippen LogP contribution in [0.4, 0.5) is 11.5 Å². The smallest absolute Gasteiger partial charge is 0.224 e. The number of carbonyl (C=O) groups is 1. The van der Waals surface area contributed by atoms with Crippen molar-refractivity contribution in [1.82, 2.24) is 4.98 Å². The molecule has 15 heavy (non-hydrogen) atoms. The van der Waals surface area contributed by atoms with Crippen LogP contribution in [0.5, 0.6) is 0 Å². The number of amides is 1. The first-order valence-electron chi connectivity index (χ1n) is 4.65. The summed E-state index contributed by atoms with van der Waals surface area (Å²) in [7, 11) is 1.65. The topological polar surface area (TPSA) is 65.5 Å². The molecule has 0 saturated heterocycles. The minimum Gasteiger partial charge on any atom is -0.374 e. The van der Waals surface area contributed by atoms with Crippen molar-refractivity contribution in [3.8, 4) is 0 Å². The van der Waals surface area contributed by atoms with Crippen LogP contribution in [0.2, 0.25) is 0 Å². The molecule has 82 valence electrons. The van der Waals surface area contributed by atoms with Crippen molar-refractivity contribution in [2.75, 3.05) is 17.3 Å². The highest BCUT2D eigenvalue weighted by Crippen LogP contribution is 2.15. The van der Waals surface area contributed by atoms with Crippen molar-refractivity contribution >= 4 is 17.4 Å². The maximum atomic E-state index is 11.1. The Labute approximate surface area is 88.7 Å². The molecule has 5 heteroatoms. The van der Waals surface area contributed by atoms with Crippen LogP contribution in [0, 0.1) is 0 Å². The van der Waals surface area contributed by atoms with Crippen molar-refractivity contribution in [2.24, 2.45) is 0 Å². The number of aromatic nitrogens is 1. The predicted molar refractivity (Wildman–Crippen MR) is 58.6 cm³/mol. The van der Waals surface area contributed by atoms with Gasteiger partial charge < -0.3 is 15.3 Å². The van der Waals surface area contributed by atoms with Crippen molar-refractivity contribution in [3.63, 3.8) is 0 Å². The van der Waals surface area contributed by atoms with Crippen LogP contribution in [-0.4, -0.2) is 29.3 Å². The third kappa shape index (κ3) is 3.21. The van der Waals surface area contributed by atoms with Gasteiger partial charge in [0.1, 0.15) is 12.0 Å². The van der Waals surface area contributed by atoms with Crippen LogP contribution in [0.1, 0.15) is 13.8 Å². The molecule has 0 fully saturated rings. The maximum Gasteiger partial charge on any atom is 0.224 e. The second-order valence-corrected chi connectivity index (χ2v) is 3.30. The van der Waals surface area contributed by atoms with E-state index in [9.17, 15) is 4.79 Å². The monoisotopic (exact) mass is 209 g/mol. The summed E-state index contributed by atoms with van der Waals surface area (Å²) in [6, 6.07) is 3.43. The van der Waals surface area contributed by atoms with Gasteiger partial charge in [-0.25, -0.2) is 4.98 Å². The van der Waals surface area contributed by atoms with E-state index in [4.69, 9.17) is 5.11 Å². The number of anilines is 2. The minimum atomic E-state index is -0.636. The fourth-order valence-corrected chi connectivity index (χ4v) is 1.09. The molecule has 1 atom stereocenters. The fourth-order valence-electron chi connectivity index (χ4n) is 1.09. The first kappa shape index (κ1) is 11.5. The number of aliphatic hydroxyl groups is 1. The Kier molecular flexibility index (Phi) is 3.62. The lowest BCUT2D eigenvalue weighted by Crippen LogP contribution is -2.24. The lowest BCUT2D eigenvalue weighted by Gasteiger charge is -2.15. The van der Waals surface area contributed by atoms with E-state index in [1.165, 1.54) is 11.8 Å². The van der Waals surface area contributed by atoms with Gasteiger partial charge in [-0.2, -0.15) is 0 Å². The largest absolute Gasteiger partial charge is 0.374 e. The number of nitrogens with zero attached hydrogens (tertiary/aromatic N) is 2. The highest BCUT2D eigenvalue weighted by molar-refractivity contribution is 5.90. The SMILES string of the molecule is CC(=O)N(C)c1cc(NC(C)O)ccn1. The summed E-state index contributed by atoms with van der Waals surface area (Å²) >= 11 is 0. The standard InChI is InChI=1S/C10H15N3O2/c1-7(14)12-9-4-5-11-10(6-9)13(3)8(2)15/h4-7,14H,1-3H3,(H,11,12). The molecule has 1 unspecified atom stereocenters. The third-order valence-electron chi connectivity index (χ3n) is 1.94. The first-order chi connectivity index (χ1) is 7.00. The van der Waals surface area contributed by atoms with Gasteiger partial charge in [0.05, 0.1) is 0 Å². The van der Waals surface area contributed by atoms with Crippen LogP contribution < -0.4 is 10.2 Å². The van der Waals surface area contributed by atoms with E-state index in [-0.39, 0.29) is 5.91 Å². The Morgan fingerprint density at radius 2 is 2.33 bits per heavy atom. The summed E-state index contributed by atoms with van der Waals surface area (Å²) in [6.45, 7) is 3.09. The molecule has 1 aromatic rings. The number of carbonyl (C=O) groups excluding carboxylic acids is 1. The number of aliphatic hydroxyl groups excluding tert-OH is 1. The second kappa shape index (κ2) is 4.75. The molecular formula is C10H15N3O2. The summed E-state index contributed by atoms with van der Waals surface area (Å²) < 4.78 is 0. The molecule has 0 saturated carbocycles. The normalized spacial score (nSPS) is 12.0. The highest BCUT2D eigenvalue weighted by atomic mass is 16.3. The Bertz CT molecular complexity index is 352. The zero-order valence-corrected chi connectivity index (χ0v) is 9.06. The van der Waals surface area contributed by atoms with Gasteiger partial charge in [-0.3, -0.25) is 4.79 Å². The molecule has 0 spiro atoms. The number of hydrogen-bond donors (Lipinski definition) is 2. The van der Waals surface area contributed by atoms with Crippen LogP contribution in [0.3, 0.4) is 0 Å². The molecule has 2 N–H and O–H groups in total. The molecule has 1 aromatic heterocycles. The molecule has 1 heterocycles. The zero-order chi connectivity index (χ0) is 11.4. The Balaban J connectivity index is 2.87. The van der Waals surface area contributed by atoms with Crippen molar-refractivity contribution in [1.29, 1.82) is 0 Å². The van der Waals surface area contributed by atoms with Gasteiger partial charge in [-0.1, -0.05) is 0 Å². The zero-order valence-electron chi connectivity index (χ0n) is 9.06. The molecule has 0 aromatic carbocycles. The minimum absolute atomic E-state index is 0.0864. The van der Waals surface area contributed by atoms with Crippen molar-refractivity contribution in [3.05, 3.63) is 18.3 Å². The summed E-state index contributed by atoms with van der Waals surface area (Å²) in [5, 5.41) is 11.9. The summed E-state index contributed by atoms with van der Waals surface area (Å²) in [6.07, 6.45) is 0.947. The molecule has 0 aliphatic rings. The van der Waals surface area contributed by atoms with Gasteiger partial charge >= 0.3 is 0 Å². The van der Waals surface area contributed by atoms with Gasteiger partial charge in [0.25, 0.3) is 0 Å². The van der Waals surface area contributed by atoms with Gasteiger partial charge in [0.15, 0.2) is 0 Å². The Hall–Kier alpha value is -1.62. The van der Waals surface area contributed by atoms with Crippen LogP contribution in [0.15, 0.2) is 18.3 Å². The first-order valence-corrected chi connectivity index (χ1v) is 4.65. The van der Waals surface area contributed by atoms with E-state index in [1.807, 2.05) is 0 Å². The average molecular weight is 209 g/mol. The average Bonchev–Trinajstić information content (AvgIpc) is 2.16. The lowest BCUT2D eigenvalue weighted by atomic mass is 10.3. The lowest BCUT2D eigenvalue weighted by molar-refractivity contribution is -0.116.